The van der Waals surface area contributed by atoms with Crippen LogP contribution < -0.4 is 10.9 Å². The van der Waals surface area contributed by atoms with Gasteiger partial charge in [0.2, 0.25) is 5.56 Å². The number of nitrogens with one attached hydrogen (secondary N) is 1. The van der Waals surface area contributed by atoms with E-state index in [-0.39, 0.29) is 17.6 Å². The van der Waals surface area contributed by atoms with Crippen LogP contribution in [0.5, 0.6) is 0 Å². The molecule has 0 aromatic carbocycles. The molecule has 2 aromatic rings. The molecular weight excluding hydrogens is 280 g/mol. The lowest BCUT2D eigenvalue weighted by atomic mass is 10.2. The minimum absolute atomic E-state index is 0.0349. The molecule has 0 saturated heterocycles. The van der Waals surface area contributed by atoms with E-state index in [2.05, 4.69) is 10.3 Å². The molecule has 2 rings (SSSR count). The first kappa shape index (κ1) is 15.8. The maximum Gasteiger partial charge on any atom is 0.322 e. The zero-order valence-electron chi connectivity index (χ0n) is 13.0. The van der Waals surface area contributed by atoms with Crippen molar-refractivity contribution in [2.24, 2.45) is 7.05 Å². The second kappa shape index (κ2) is 6.89. The number of carbonyl (C=O) groups excluding carboxylic acids is 1. The number of pyridine rings is 2. The van der Waals surface area contributed by atoms with Gasteiger partial charge in [0.25, 0.3) is 0 Å². The first-order valence-corrected chi connectivity index (χ1v) is 7.10. The van der Waals surface area contributed by atoms with Crippen molar-refractivity contribution in [2.75, 3.05) is 5.32 Å². The van der Waals surface area contributed by atoms with Crippen molar-refractivity contribution in [1.29, 1.82) is 0 Å². The average molecular weight is 300 g/mol. The SMILES string of the molecule is CC(C)N(Cc1cccnc1)C(=O)Nc1ccc(=O)n(C)c1. The number of aryl methyl sites for hydroxylation is 1. The highest BCUT2D eigenvalue weighted by molar-refractivity contribution is 5.89. The number of urea groups is 1. The van der Waals surface area contributed by atoms with Crippen molar-refractivity contribution < 1.29 is 4.79 Å². The molecule has 0 atom stereocenters. The molecule has 22 heavy (non-hydrogen) atoms. The number of nitrogens with zero attached hydrogens (tertiary/aromatic N) is 3. The van der Waals surface area contributed by atoms with Gasteiger partial charge in [-0.1, -0.05) is 6.07 Å². The Labute approximate surface area is 129 Å². The van der Waals surface area contributed by atoms with Gasteiger partial charge in [0.05, 0.1) is 5.69 Å². The number of amides is 2. The molecule has 1 N–H and O–H groups in total. The van der Waals surface area contributed by atoms with Crippen LogP contribution in [0.3, 0.4) is 0 Å². The Morgan fingerprint density at radius 3 is 2.73 bits per heavy atom. The maximum absolute atomic E-state index is 12.5. The standard InChI is InChI=1S/C16H20N4O2/c1-12(2)20(10-13-5-4-8-17-9-13)16(22)18-14-6-7-15(21)19(3)11-14/h4-9,11-12H,10H2,1-3H3,(H,18,22). The van der Waals surface area contributed by atoms with E-state index in [4.69, 9.17) is 0 Å². The molecule has 0 aliphatic heterocycles. The van der Waals surface area contributed by atoms with E-state index in [0.29, 0.717) is 12.2 Å². The van der Waals surface area contributed by atoms with E-state index in [1.165, 1.54) is 10.6 Å². The number of aromatic nitrogens is 2. The molecule has 0 saturated carbocycles. The van der Waals surface area contributed by atoms with Gasteiger partial charge in [-0.25, -0.2) is 4.79 Å². The average Bonchev–Trinajstić information content (AvgIpc) is 2.49. The fourth-order valence-electron chi connectivity index (χ4n) is 2.04. The molecule has 2 amide bonds. The zero-order chi connectivity index (χ0) is 16.1. The van der Waals surface area contributed by atoms with Crippen LogP contribution in [-0.2, 0) is 13.6 Å². The van der Waals surface area contributed by atoms with E-state index in [1.807, 2.05) is 26.0 Å². The molecule has 0 bridgehead atoms. The van der Waals surface area contributed by atoms with E-state index in [0.717, 1.165) is 5.56 Å². The summed E-state index contributed by atoms with van der Waals surface area (Å²) >= 11 is 0. The summed E-state index contributed by atoms with van der Waals surface area (Å²) in [6.07, 6.45) is 5.05. The molecule has 6 nitrogen and oxygen atoms in total. The Kier molecular flexibility index (Phi) is 4.93. The third-order valence-electron chi connectivity index (χ3n) is 3.30. The number of rotatable bonds is 4. The molecule has 6 heteroatoms. The van der Waals surface area contributed by atoms with Crippen LogP contribution in [0, 0.1) is 0 Å². The van der Waals surface area contributed by atoms with Crippen LogP contribution in [-0.4, -0.2) is 26.5 Å². The minimum atomic E-state index is -0.211. The number of carbonyl (C=O) groups is 1. The van der Waals surface area contributed by atoms with E-state index in [1.54, 1.807) is 36.6 Å². The minimum Gasteiger partial charge on any atom is -0.318 e. The van der Waals surface area contributed by atoms with Crippen molar-refractivity contribution >= 4 is 11.7 Å². The molecule has 0 radical (unpaired) electrons. The normalized spacial score (nSPS) is 10.5. The lowest BCUT2D eigenvalue weighted by molar-refractivity contribution is 0.193. The Morgan fingerprint density at radius 2 is 2.14 bits per heavy atom. The van der Waals surface area contributed by atoms with Crippen LogP contribution in [0.4, 0.5) is 10.5 Å². The number of hydrogen-bond acceptors (Lipinski definition) is 3. The van der Waals surface area contributed by atoms with Crippen LogP contribution in [0.15, 0.2) is 47.7 Å². The molecule has 2 heterocycles. The number of hydrogen-bond donors (Lipinski definition) is 1. The Hall–Kier alpha value is -2.63. The molecule has 0 aliphatic carbocycles. The van der Waals surface area contributed by atoms with Gasteiger partial charge in [0.15, 0.2) is 0 Å². The summed E-state index contributed by atoms with van der Waals surface area (Å²) in [5.74, 6) is 0. The summed E-state index contributed by atoms with van der Waals surface area (Å²) in [6.45, 7) is 4.39. The first-order chi connectivity index (χ1) is 10.5. The van der Waals surface area contributed by atoms with E-state index >= 15 is 0 Å². The first-order valence-electron chi connectivity index (χ1n) is 7.10. The van der Waals surface area contributed by atoms with Gasteiger partial charge in [-0.15, -0.1) is 0 Å². The summed E-state index contributed by atoms with van der Waals surface area (Å²) in [7, 11) is 1.65. The Morgan fingerprint density at radius 1 is 1.36 bits per heavy atom. The highest BCUT2D eigenvalue weighted by Gasteiger charge is 2.17. The fraction of sp³-hybridized carbons (Fsp3) is 0.312. The maximum atomic E-state index is 12.5. The quantitative estimate of drug-likeness (QED) is 0.941. The lowest BCUT2D eigenvalue weighted by Gasteiger charge is -2.27. The Balaban J connectivity index is 2.12. The Bertz CT molecular complexity index is 695. The van der Waals surface area contributed by atoms with E-state index < -0.39 is 0 Å². The van der Waals surface area contributed by atoms with Crippen LogP contribution >= 0.6 is 0 Å². The van der Waals surface area contributed by atoms with E-state index in [9.17, 15) is 9.59 Å². The van der Waals surface area contributed by atoms with Crippen molar-refractivity contribution in [3.05, 3.63) is 58.8 Å². The van der Waals surface area contributed by atoms with Crippen LogP contribution in [0.25, 0.3) is 0 Å². The molecule has 0 fully saturated rings. The molecule has 0 spiro atoms. The summed E-state index contributed by atoms with van der Waals surface area (Å²) in [6, 6.07) is 6.63. The molecular formula is C16H20N4O2. The van der Waals surface area contributed by atoms with Gasteiger partial charge >= 0.3 is 6.03 Å². The van der Waals surface area contributed by atoms with Gasteiger partial charge in [-0.3, -0.25) is 9.78 Å². The molecule has 0 unspecified atom stereocenters. The van der Waals surface area contributed by atoms with Gasteiger partial charge in [-0.05, 0) is 31.5 Å². The van der Waals surface area contributed by atoms with Gasteiger partial charge in [0, 0.05) is 44.3 Å². The number of anilines is 1. The second-order valence-electron chi connectivity index (χ2n) is 5.38. The van der Waals surface area contributed by atoms with Crippen LogP contribution in [0.1, 0.15) is 19.4 Å². The molecule has 2 aromatic heterocycles. The lowest BCUT2D eigenvalue weighted by Crippen LogP contribution is -2.39. The van der Waals surface area contributed by atoms with Crippen molar-refractivity contribution in [1.82, 2.24) is 14.5 Å². The third-order valence-corrected chi connectivity index (χ3v) is 3.30. The van der Waals surface area contributed by atoms with Crippen molar-refractivity contribution in [3.63, 3.8) is 0 Å². The van der Waals surface area contributed by atoms with Gasteiger partial charge in [0.1, 0.15) is 0 Å². The smallest absolute Gasteiger partial charge is 0.318 e. The topological polar surface area (TPSA) is 67.2 Å². The van der Waals surface area contributed by atoms with Crippen molar-refractivity contribution in [3.8, 4) is 0 Å². The van der Waals surface area contributed by atoms with Crippen LogP contribution in [0.2, 0.25) is 0 Å². The second-order valence-corrected chi connectivity index (χ2v) is 5.38. The highest BCUT2D eigenvalue weighted by Crippen LogP contribution is 2.11. The van der Waals surface area contributed by atoms with Gasteiger partial charge < -0.3 is 14.8 Å². The highest BCUT2D eigenvalue weighted by atomic mass is 16.2. The zero-order valence-corrected chi connectivity index (χ0v) is 13.0. The predicted octanol–water partition coefficient (Wildman–Crippen LogP) is 2.22. The third kappa shape index (κ3) is 3.94. The largest absolute Gasteiger partial charge is 0.322 e. The van der Waals surface area contributed by atoms with Gasteiger partial charge in [-0.2, -0.15) is 0 Å². The fourth-order valence-corrected chi connectivity index (χ4v) is 2.04. The van der Waals surface area contributed by atoms with Crippen molar-refractivity contribution in [2.45, 2.75) is 26.4 Å². The summed E-state index contributed by atoms with van der Waals surface area (Å²) in [5.41, 5.74) is 1.44. The summed E-state index contributed by atoms with van der Waals surface area (Å²) < 4.78 is 1.43. The monoisotopic (exact) mass is 300 g/mol. The summed E-state index contributed by atoms with van der Waals surface area (Å²) in [5, 5.41) is 2.82. The predicted molar refractivity (Wildman–Crippen MR) is 85.6 cm³/mol. The molecule has 0 aliphatic rings. The molecule has 116 valence electrons. The summed E-state index contributed by atoms with van der Waals surface area (Å²) in [4.78, 5) is 29.6.